The van der Waals surface area contributed by atoms with Crippen molar-refractivity contribution in [2.24, 2.45) is 5.92 Å². The summed E-state index contributed by atoms with van der Waals surface area (Å²) in [6.45, 7) is 0.843. The second-order valence-corrected chi connectivity index (χ2v) is 4.81. The van der Waals surface area contributed by atoms with Gasteiger partial charge in [0.15, 0.2) is 0 Å². The van der Waals surface area contributed by atoms with Gasteiger partial charge in [-0.1, -0.05) is 6.07 Å². The molecule has 0 bridgehead atoms. The molecule has 0 aliphatic heterocycles. The first-order valence-electron chi connectivity index (χ1n) is 6.54. The van der Waals surface area contributed by atoms with Gasteiger partial charge in [0.25, 0.3) is 0 Å². The summed E-state index contributed by atoms with van der Waals surface area (Å²) < 4.78 is 10.9. The van der Waals surface area contributed by atoms with Crippen LogP contribution in [0.25, 0.3) is 0 Å². The SMILES string of the molecule is COc1cccc(COC2CCC(CO)CC2)n1. The van der Waals surface area contributed by atoms with E-state index >= 15 is 0 Å². The second kappa shape index (κ2) is 6.71. The lowest BCUT2D eigenvalue weighted by Gasteiger charge is -2.27. The molecule has 1 fully saturated rings. The highest BCUT2D eigenvalue weighted by molar-refractivity contribution is 5.15. The molecular formula is C14H21NO3. The van der Waals surface area contributed by atoms with Crippen LogP contribution in [0, 0.1) is 5.92 Å². The molecule has 1 N–H and O–H groups in total. The van der Waals surface area contributed by atoms with Crippen molar-refractivity contribution in [2.45, 2.75) is 38.4 Å². The van der Waals surface area contributed by atoms with E-state index in [4.69, 9.17) is 14.6 Å². The topological polar surface area (TPSA) is 51.6 Å². The van der Waals surface area contributed by atoms with Crippen LogP contribution in [0.4, 0.5) is 0 Å². The van der Waals surface area contributed by atoms with Crippen LogP contribution < -0.4 is 4.74 Å². The molecule has 0 aromatic carbocycles. The third kappa shape index (κ3) is 3.68. The van der Waals surface area contributed by atoms with Crippen LogP contribution in [-0.4, -0.2) is 29.9 Å². The molecule has 0 unspecified atom stereocenters. The molecular weight excluding hydrogens is 230 g/mol. The van der Waals surface area contributed by atoms with Crippen LogP contribution in [0.15, 0.2) is 18.2 Å². The number of pyridine rings is 1. The van der Waals surface area contributed by atoms with E-state index in [1.54, 1.807) is 7.11 Å². The van der Waals surface area contributed by atoms with Crippen molar-refractivity contribution in [3.8, 4) is 5.88 Å². The highest BCUT2D eigenvalue weighted by Gasteiger charge is 2.21. The molecule has 0 saturated heterocycles. The van der Waals surface area contributed by atoms with E-state index in [0.717, 1.165) is 31.4 Å². The number of hydrogen-bond donors (Lipinski definition) is 1. The van der Waals surface area contributed by atoms with E-state index in [2.05, 4.69) is 4.98 Å². The summed E-state index contributed by atoms with van der Waals surface area (Å²) in [6, 6.07) is 5.70. The molecule has 18 heavy (non-hydrogen) atoms. The van der Waals surface area contributed by atoms with E-state index in [-0.39, 0.29) is 0 Å². The summed E-state index contributed by atoms with van der Waals surface area (Å²) in [6.07, 6.45) is 4.50. The summed E-state index contributed by atoms with van der Waals surface area (Å²) >= 11 is 0. The number of nitrogens with zero attached hydrogens (tertiary/aromatic N) is 1. The average Bonchev–Trinajstić information content (AvgIpc) is 2.46. The zero-order valence-corrected chi connectivity index (χ0v) is 10.8. The molecule has 1 aliphatic rings. The molecule has 1 heterocycles. The van der Waals surface area contributed by atoms with Gasteiger partial charge in [0, 0.05) is 12.7 Å². The Balaban J connectivity index is 1.77. The zero-order chi connectivity index (χ0) is 12.8. The fraction of sp³-hybridized carbons (Fsp3) is 0.643. The van der Waals surface area contributed by atoms with Crippen LogP contribution in [-0.2, 0) is 11.3 Å². The monoisotopic (exact) mass is 251 g/mol. The Bertz CT molecular complexity index is 362. The molecule has 100 valence electrons. The van der Waals surface area contributed by atoms with Crippen molar-refractivity contribution in [2.75, 3.05) is 13.7 Å². The second-order valence-electron chi connectivity index (χ2n) is 4.81. The van der Waals surface area contributed by atoms with E-state index in [1.807, 2.05) is 18.2 Å². The Hall–Kier alpha value is -1.13. The minimum atomic E-state index is 0.306. The Morgan fingerprint density at radius 2 is 2.06 bits per heavy atom. The fourth-order valence-electron chi connectivity index (χ4n) is 2.34. The van der Waals surface area contributed by atoms with Gasteiger partial charge in [-0.25, -0.2) is 4.98 Å². The summed E-state index contributed by atoms with van der Waals surface area (Å²) in [4.78, 5) is 4.32. The lowest BCUT2D eigenvalue weighted by Crippen LogP contribution is -2.23. The largest absolute Gasteiger partial charge is 0.481 e. The summed E-state index contributed by atoms with van der Waals surface area (Å²) in [5.41, 5.74) is 0.902. The molecule has 4 heteroatoms. The molecule has 1 aromatic rings. The third-order valence-electron chi connectivity index (χ3n) is 3.51. The van der Waals surface area contributed by atoms with Gasteiger partial charge in [-0.3, -0.25) is 0 Å². The summed E-state index contributed by atoms with van der Waals surface area (Å²) in [5.74, 6) is 1.10. The maximum atomic E-state index is 9.08. The molecule has 1 aliphatic carbocycles. The van der Waals surface area contributed by atoms with Crippen molar-refractivity contribution in [3.05, 3.63) is 23.9 Å². The Kier molecular flexibility index (Phi) is 4.96. The quantitative estimate of drug-likeness (QED) is 0.871. The molecule has 4 nitrogen and oxygen atoms in total. The highest BCUT2D eigenvalue weighted by Crippen LogP contribution is 2.26. The van der Waals surface area contributed by atoms with Gasteiger partial charge in [0.2, 0.25) is 5.88 Å². The Morgan fingerprint density at radius 1 is 1.28 bits per heavy atom. The van der Waals surface area contributed by atoms with Gasteiger partial charge < -0.3 is 14.6 Å². The minimum Gasteiger partial charge on any atom is -0.481 e. The first-order valence-corrected chi connectivity index (χ1v) is 6.54. The number of methoxy groups -OCH3 is 1. The van der Waals surface area contributed by atoms with Crippen molar-refractivity contribution in [1.29, 1.82) is 0 Å². The number of aromatic nitrogens is 1. The average molecular weight is 251 g/mol. The Morgan fingerprint density at radius 3 is 2.72 bits per heavy atom. The number of rotatable bonds is 5. The van der Waals surface area contributed by atoms with Crippen LogP contribution >= 0.6 is 0 Å². The predicted octanol–water partition coefficient (Wildman–Crippen LogP) is 2.16. The van der Waals surface area contributed by atoms with Crippen LogP contribution in [0.1, 0.15) is 31.4 Å². The molecule has 1 aromatic heterocycles. The lowest BCUT2D eigenvalue weighted by molar-refractivity contribution is -0.000290. The number of aliphatic hydroxyl groups excluding tert-OH is 1. The van der Waals surface area contributed by atoms with Gasteiger partial charge in [-0.05, 0) is 37.7 Å². The normalized spacial score (nSPS) is 23.9. The molecule has 0 spiro atoms. The molecule has 0 amide bonds. The number of ether oxygens (including phenoxy) is 2. The van der Waals surface area contributed by atoms with Gasteiger partial charge in [-0.2, -0.15) is 0 Å². The van der Waals surface area contributed by atoms with E-state index < -0.39 is 0 Å². The van der Waals surface area contributed by atoms with Gasteiger partial charge in [-0.15, -0.1) is 0 Å². The highest BCUT2D eigenvalue weighted by atomic mass is 16.5. The van der Waals surface area contributed by atoms with Crippen molar-refractivity contribution in [1.82, 2.24) is 4.98 Å². The standard InChI is InChI=1S/C14H21NO3/c1-17-14-4-2-3-12(15-14)10-18-13-7-5-11(9-16)6-8-13/h2-4,11,13,16H,5-10H2,1H3. The number of aliphatic hydroxyl groups is 1. The molecule has 1 saturated carbocycles. The smallest absolute Gasteiger partial charge is 0.213 e. The molecule has 2 rings (SSSR count). The fourth-order valence-corrected chi connectivity index (χ4v) is 2.34. The van der Waals surface area contributed by atoms with Crippen LogP contribution in [0.3, 0.4) is 0 Å². The van der Waals surface area contributed by atoms with Crippen molar-refractivity contribution < 1.29 is 14.6 Å². The van der Waals surface area contributed by atoms with Gasteiger partial charge in [0.1, 0.15) is 0 Å². The van der Waals surface area contributed by atoms with Crippen LogP contribution in [0.5, 0.6) is 5.88 Å². The van der Waals surface area contributed by atoms with E-state index in [0.29, 0.717) is 31.1 Å². The molecule has 0 atom stereocenters. The summed E-state index contributed by atoms with van der Waals surface area (Å²) in [5, 5.41) is 9.08. The van der Waals surface area contributed by atoms with E-state index in [9.17, 15) is 0 Å². The summed E-state index contributed by atoms with van der Waals surface area (Å²) in [7, 11) is 1.61. The van der Waals surface area contributed by atoms with Gasteiger partial charge >= 0.3 is 0 Å². The molecule has 0 radical (unpaired) electrons. The lowest BCUT2D eigenvalue weighted by atomic mass is 9.88. The zero-order valence-electron chi connectivity index (χ0n) is 10.8. The third-order valence-corrected chi connectivity index (χ3v) is 3.51. The first kappa shape index (κ1) is 13.3. The maximum Gasteiger partial charge on any atom is 0.213 e. The van der Waals surface area contributed by atoms with Crippen molar-refractivity contribution >= 4 is 0 Å². The van der Waals surface area contributed by atoms with Gasteiger partial charge in [0.05, 0.1) is 25.5 Å². The first-order chi connectivity index (χ1) is 8.81. The number of hydrogen-bond acceptors (Lipinski definition) is 4. The Labute approximate surface area is 108 Å². The van der Waals surface area contributed by atoms with Crippen molar-refractivity contribution in [3.63, 3.8) is 0 Å². The van der Waals surface area contributed by atoms with E-state index in [1.165, 1.54) is 0 Å². The maximum absolute atomic E-state index is 9.08. The van der Waals surface area contributed by atoms with Crippen LogP contribution in [0.2, 0.25) is 0 Å². The minimum absolute atomic E-state index is 0.306. The predicted molar refractivity (Wildman–Crippen MR) is 68.4 cm³/mol.